The highest BCUT2D eigenvalue weighted by Crippen LogP contribution is 2.49. The predicted octanol–water partition coefficient (Wildman–Crippen LogP) is 11.1. The molecule has 0 radical (unpaired) electrons. The van der Waals surface area contributed by atoms with Crippen LogP contribution in [0.3, 0.4) is 0 Å². The van der Waals surface area contributed by atoms with Crippen LogP contribution in [0.1, 0.15) is 121 Å². The van der Waals surface area contributed by atoms with Crippen molar-refractivity contribution in [3.8, 4) is 11.5 Å². The Hall–Kier alpha value is -6.09. The maximum absolute atomic E-state index is 13.0. The van der Waals surface area contributed by atoms with E-state index in [1.165, 1.54) is 48.8 Å². The third-order valence-corrected chi connectivity index (χ3v) is 19.2. The van der Waals surface area contributed by atoms with E-state index >= 15 is 0 Å². The Labute approximate surface area is 699 Å². The summed E-state index contributed by atoms with van der Waals surface area (Å²) in [5.41, 5.74) is 12.4. The van der Waals surface area contributed by atoms with Crippen molar-refractivity contribution in [2.24, 2.45) is 17.6 Å². The van der Waals surface area contributed by atoms with Crippen LogP contribution in [0.2, 0.25) is 0 Å². The number of hydrogen-bond donors (Lipinski definition) is 3. The first-order valence-electron chi connectivity index (χ1n) is 40.0. The minimum atomic E-state index is -0.834. The number of amides is 1. The molecule has 4 aliphatic rings. The standard InChI is InChI=1S/C35H49NO10.C27H43NO8.C11H21ClO7.C9H20O5.2CH4/c1-35-14-8-4-7-11-29(32(35)36-33(37)44-25-27-9-5-3-6-10-27)23-28-12-13-30(24-31(28)35)45-26-46-34(38)43-22-21-42-20-19-41-18-17-40-16-15-39-2;1-27-9-5-3-4-6-22(25(27)28)18-21-7-8-23(19-24(21)27)35-20-36-26(29)34-17-16-33-15-14-32-13-12-31-11-10-30-2;1-14-2-3-15-4-5-16-6-7-17-8-9-18-11(13)19-10-12;1-11-4-5-13-8-9-14-7-6-12-3-2-10;;/h3,5-6,9-10,12-13,24,29,32H,4,7-8,11,14-23,25-26H2,1-2H3,(H,36,37);7-8,19,22,25H,3-6,9-18,20,28H2,1-2H3;2-10H2,1H3;10H,2-9H2,1H3;2*1H4/t29-,32-,35+;22-,25-,27+;;;;/m00..../s1. The fourth-order valence-corrected chi connectivity index (χ4v) is 13.3. The van der Waals surface area contributed by atoms with E-state index in [0.29, 0.717) is 189 Å². The largest absolute Gasteiger partial charge is 0.511 e. The molecule has 117 heavy (non-hydrogen) atoms. The number of carbonyl (C=O) groups is 4. The molecule has 0 saturated heterocycles. The number of hydrogen-bond acceptors (Lipinski definition) is 31. The molecule has 674 valence electrons. The van der Waals surface area contributed by atoms with Crippen molar-refractivity contribution in [3.05, 3.63) is 94.5 Å². The molecule has 4 bridgehead atoms. The van der Waals surface area contributed by atoms with Crippen molar-refractivity contribution in [2.45, 2.75) is 135 Å². The number of nitrogens with one attached hydrogen (secondary N) is 1. The Kier molecular flexibility index (Phi) is 64.5. The fraction of sp³-hybridized carbons (Fsp3) is 0.738. The van der Waals surface area contributed by atoms with Gasteiger partial charge in [-0.3, -0.25) is 0 Å². The topological polar surface area (TPSA) is 357 Å². The zero-order valence-electron chi connectivity index (χ0n) is 68.8. The highest BCUT2D eigenvalue weighted by atomic mass is 35.5. The summed E-state index contributed by atoms with van der Waals surface area (Å²) in [4.78, 5) is 47.5. The summed E-state index contributed by atoms with van der Waals surface area (Å²) < 4.78 is 129. The zero-order chi connectivity index (χ0) is 82.8. The number of methoxy groups -OCH3 is 4. The van der Waals surface area contributed by atoms with Gasteiger partial charge in [0.1, 0.15) is 37.9 Å². The molecule has 4 aliphatic carbocycles. The summed E-state index contributed by atoms with van der Waals surface area (Å²) in [7, 11) is 6.52. The molecule has 7 rings (SSSR count). The lowest BCUT2D eigenvalue weighted by Crippen LogP contribution is -2.57. The van der Waals surface area contributed by atoms with Crippen LogP contribution in [0.15, 0.2) is 66.7 Å². The van der Waals surface area contributed by atoms with Crippen LogP contribution < -0.4 is 20.5 Å². The Morgan fingerprint density at radius 2 is 0.752 bits per heavy atom. The number of halogens is 1. The maximum atomic E-state index is 13.0. The molecule has 3 aromatic rings. The van der Waals surface area contributed by atoms with Gasteiger partial charge in [-0.1, -0.05) is 121 Å². The normalized spacial score (nSPS) is 18.2. The minimum absolute atomic E-state index is 0. The van der Waals surface area contributed by atoms with Crippen LogP contribution >= 0.6 is 11.6 Å². The molecule has 32 nitrogen and oxygen atoms in total. The number of alkyl halides is 1. The van der Waals surface area contributed by atoms with Gasteiger partial charge in [0.05, 0.1) is 192 Å². The number of aliphatic hydroxyl groups excluding tert-OH is 1. The van der Waals surface area contributed by atoms with Gasteiger partial charge in [0.2, 0.25) is 13.6 Å². The van der Waals surface area contributed by atoms with E-state index in [0.717, 1.165) is 56.1 Å². The van der Waals surface area contributed by atoms with Crippen molar-refractivity contribution < 1.29 is 143 Å². The third kappa shape index (κ3) is 48.2. The van der Waals surface area contributed by atoms with Crippen LogP contribution in [0.4, 0.5) is 19.2 Å². The Bertz CT molecular complexity index is 2910. The van der Waals surface area contributed by atoms with Gasteiger partial charge in [0.25, 0.3) is 0 Å². The fourth-order valence-electron chi connectivity index (χ4n) is 13.2. The molecule has 33 heteroatoms. The highest BCUT2D eigenvalue weighted by Gasteiger charge is 2.47. The molecule has 0 unspecified atom stereocenters. The molecule has 0 aliphatic heterocycles. The molecular formula is C84H141ClN2O30. The molecule has 3 aromatic carbocycles. The smallest absolute Gasteiger partial charge is 0.457 e. The van der Waals surface area contributed by atoms with Gasteiger partial charge < -0.3 is 135 Å². The summed E-state index contributed by atoms with van der Waals surface area (Å²) in [6.45, 7) is 18.0. The van der Waals surface area contributed by atoms with E-state index < -0.39 is 24.6 Å². The van der Waals surface area contributed by atoms with E-state index in [9.17, 15) is 19.2 Å². The van der Waals surface area contributed by atoms with E-state index in [1.54, 1.807) is 28.4 Å². The second-order valence-electron chi connectivity index (χ2n) is 27.2. The van der Waals surface area contributed by atoms with Gasteiger partial charge in [0.15, 0.2) is 6.07 Å². The third-order valence-electron chi connectivity index (χ3n) is 19.0. The van der Waals surface area contributed by atoms with Crippen molar-refractivity contribution in [1.82, 2.24) is 5.32 Å². The minimum Gasteiger partial charge on any atom is -0.457 e. The predicted molar refractivity (Wildman–Crippen MR) is 437 cm³/mol. The second kappa shape index (κ2) is 70.6. The summed E-state index contributed by atoms with van der Waals surface area (Å²) in [6, 6.07) is 21.7. The van der Waals surface area contributed by atoms with Gasteiger partial charge in [0, 0.05) is 51.4 Å². The van der Waals surface area contributed by atoms with E-state index in [1.807, 2.05) is 48.5 Å². The van der Waals surface area contributed by atoms with Crippen molar-refractivity contribution in [2.75, 3.05) is 260 Å². The molecule has 0 spiro atoms. The number of carbonyl (C=O) groups excluding carboxylic acids is 4. The van der Waals surface area contributed by atoms with E-state index in [4.69, 9.17) is 131 Å². The van der Waals surface area contributed by atoms with Gasteiger partial charge in [-0.25, -0.2) is 19.2 Å². The Balaban J connectivity index is 0.000000578. The van der Waals surface area contributed by atoms with Crippen molar-refractivity contribution in [1.29, 1.82) is 0 Å². The molecule has 0 heterocycles. The van der Waals surface area contributed by atoms with E-state index in [2.05, 4.69) is 46.8 Å². The number of rotatable bonds is 57. The average molecular weight is 1690 g/mol. The lowest BCUT2D eigenvalue weighted by molar-refractivity contribution is -0.0205. The number of benzene rings is 3. The van der Waals surface area contributed by atoms with Crippen LogP contribution in [-0.4, -0.2) is 301 Å². The van der Waals surface area contributed by atoms with Crippen LogP contribution in [0, 0.1) is 11.8 Å². The summed E-state index contributed by atoms with van der Waals surface area (Å²) in [6.07, 6.45) is 10.5. The first kappa shape index (κ1) is 107. The first-order valence-corrected chi connectivity index (χ1v) is 40.5. The van der Waals surface area contributed by atoms with Gasteiger partial charge >= 0.3 is 24.6 Å². The molecule has 1 amide bonds. The van der Waals surface area contributed by atoms with Crippen LogP contribution in [-0.2, 0) is 139 Å². The molecular weight excluding hydrogens is 1550 g/mol. The number of aliphatic hydroxyl groups is 1. The van der Waals surface area contributed by atoms with Gasteiger partial charge in [-0.05, 0) is 102 Å². The first-order chi connectivity index (χ1) is 56.3. The highest BCUT2D eigenvalue weighted by molar-refractivity contribution is 6.17. The molecule has 6 atom stereocenters. The zero-order valence-corrected chi connectivity index (χ0v) is 69.6. The van der Waals surface area contributed by atoms with Gasteiger partial charge in [-0.15, -0.1) is 0 Å². The van der Waals surface area contributed by atoms with E-state index in [-0.39, 0.29) is 110 Å². The molecule has 2 saturated carbocycles. The quantitative estimate of drug-likeness (QED) is 0.0155. The summed E-state index contributed by atoms with van der Waals surface area (Å²) in [5, 5.41) is 11.6. The van der Waals surface area contributed by atoms with Crippen molar-refractivity contribution in [3.63, 3.8) is 0 Å². The number of nitrogens with two attached hydrogens (primary N) is 1. The summed E-state index contributed by atoms with van der Waals surface area (Å²) >= 11 is 5.16. The van der Waals surface area contributed by atoms with Crippen LogP contribution in [0.25, 0.3) is 0 Å². The Morgan fingerprint density at radius 1 is 0.410 bits per heavy atom. The lowest BCUT2D eigenvalue weighted by atomic mass is 9.59. The Morgan fingerprint density at radius 3 is 1.14 bits per heavy atom. The molecule has 0 aromatic heterocycles. The number of fused-ring (bicyclic) bond motifs is 8. The van der Waals surface area contributed by atoms with Crippen LogP contribution in [0.5, 0.6) is 11.5 Å². The van der Waals surface area contributed by atoms with Gasteiger partial charge in [-0.2, -0.15) is 0 Å². The maximum Gasteiger partial charge on any atom is 0.511 e. The number of ether oxygens (including phenoxy) is 25. The SMILES string of the molecule is C.C.COCCOCCOCCOCCO.COCCOCCOCCOCCOC(=O)OCCl.COCCOCCOCCOCCOC(=O)OCOc1ccc2c(c1)[C@@]1(C)CCCCC[C@@H](C2)[C@@H]1N.COCCOCCOCCOCCOC(=O)OCOc1ccc2c(c1)[C@@]1(C)CCCCC[C@@H](C2)[C@@H]1NC(=O)OCc1ccccc1. The molecule has 4 N–H and O–H groups in total. The summed E-state index contributed by atoms with van der Waals surface area (Å²) in [5.74, 6) is 2.11. The molecule has 2 fully saturated rings. The monoisotopic (exact) mass is 1690 g/mol. The lowest BCUT2D eigenvalue weighted by Gasteiger charge is -2.49. The number of alkyl carbamates (subject to hydrolysis) is 1. The van der Waals surface area contributed by atoms with Crippen molar-refractivity contribution >= 4 is 36.2 Å². The second-order valence-corrected chi connectivity index (χ2v) is 27.4. The average Bonchev–Trinajstić information content (AvgIpc) is 0.749.